The Morgan fingerprint density at radius 2 is 1.93 bits per heavy atom. The zero-order chi connectivity index (χ0) is 19.5. The van der Waals surface area contributed by atoms with Crippen LogP contribution in [0, 0.1) is 0 Å². The molecular formula is C19H20N4O4S. The number of morpholine rings is 1. The monoisotopic (exact) mass is 400 g/mol. The van der Waals surface area contributed by atoms with E-state index in [0.29, 0.717) is 44.0 Å². The lowest BCUT2D eigenvalue weighted by atomic mass is 10.2. The summed E-state index contributed by atoms with van der Waals surface area (Å²) in [6.45, 7) is 1.81. The van der Waals surface area contributed by atoms with Crippen LogP contribution in [0.15, 0.2) is 52.6 Å². The zero-order valence-corrected chi connectivity index (χ0v) is 15.9. The molecule has 3 aliphatic rings. The van der Waals surface area contributed by atoms with Gasteiger partial charge in [0.05, 0.1) is 18.8 Å². The van der Waals surface area contributed by atoms with Gasteiger partial charge in [0.25, 0.3) is 11.8 Å². The van der Waals surface area contributed by atoms with E-state index in [1.54, 1.807) is 12.2 Å². The zero-order valence-electron chi connectivity index (χ0n) is 15.1. The number of nitrogens with one attached hydrogen (secondary N) is 3. The first-order chi connectivity index (χ1) is 13.6. The molecule has 1 unspecified atom stereocenters. The second-order valence-corrected chi connectivity index (χ2v) is 7.60. The molecule has 0 radical (unpaired) electrons. The van der Waals surface area contributed by atoms with Gasteiger partial charge in [0, 0.05) is 29.4 Å². The highest BCUT2D eigenvalue weighted by atomic mass is 32.2. The third kappa shape index (κ3) is 3.90. The predicted molar refractivity (Wildman–Crippen MR) is 105 cm³/mol. The first-order valence-electron chi connectivity index (χ1n) is 9.03. The highest BCUT2D eigenvalue weighted by Crippen LogP contribution is 2.38. The minimum Gasteiger partial charge on any atom is -0.378 e. The number of allylic oxidation sites excluding steroid dienone is 2. The van der Waals surface area contributed by atoms with E-state index in [2.05, 4.69) is 16.0 Å². The summed E-state index contributed by atoms with van der Waals surface area (Å²) in [5.41, 5.74) is 1.64. The minimum absolute atomic E-state index is 0.243. The minimum atomic E-state index is -0.518. The molecule has 1 aromatic carbocycles. The van der Waals surface area contributed by atoms with Gasteiger partial charge in [-0.05, 0) is 18.6 Å². The number of hydrogen-bond donors (Lipinski definition) is 3. The Balaban J connectivity index is 1.34. The van der Waals surface area contributed by atoms with Gasteiger partial charge in [0.1, 0.15) is 0 Å². The van der Waals surface area contributed by atoms with E-state index in [4.69, 9.17) is 4.74 Å². The number of carbonyl (C=O) groups excluding carboxylic acids is 3. The molecule has 4 rings (SSSR count). The molecule has 4 amide bonds. The average Bonchev–Trinajstić information content (AvgIpc) is 3.35. The van der Waals surface area contributed by atoms with Crippen molar-refractivity contribution in [3.05, 3.63) is 47.7 Å². The second-order valence-electron chi connectivity index (χ2n) is 6.46. The molecule has 2 aliphatic heterocycles. The maximum absolute atomic E-state index is 12.6. The summed E-state index contributed by atoms with van der Waals surface area (Å²) >= 11 is 1.42. The first kappa shape index (κ1) is 18.6. The summed E-state index contributed by atoms with van der Waals surface area (Å²) in [5, 5.41) is 7.88. The van der Waals surface area contributed by atoms with Gasteiger partial charge < -0.3 is 20.3 Å². The Hall–Kier alpha value is -2.78. The molecule has 1 aliphatic carbocycles. The Bertz CT molecular complexity index is 851. The van der Waals surface area contributed by atoms with Gasteiger partial charge in [-0.3, -0.25) is 14.9 Å². The van der Waals surface area contributed by atoms with E-state index in [1.807, 2.05) is 24.3 Å². The third-order valence-electron chi connectivity index (χ3n) is 4.61. The largest absolute Gasteiger partial charge is 0.378 e. The second kappa shape index (κ2) is 8.07. The number of benzene rings is 1. The summed E-state index contributed by atoms with van der Waals surface area (Å²) in [5.74, 6) is -0.761. The van der Waals surface area contributed by atoms with Crippen LogP contribution in [-0.4, -0.2) is 54.4 Å². The van der Waals surface area contributed by atoms with Gasteiger partial charge in [0.2, 0.25) is 0 Å². The summed E-state index contributed by atoms with van der Waals surface area (Å²) in [6, 6.07) is 7.24. The number of rotatable bonds is 3. The van der Waals surface area contributed by atoms with Gasteiger partial charge in [-0.2, -0.15) is 0 Å². The number of urea groups is 1. The van der Waals surface area contributed by atoms with Gasteiger partial charge in [-0.1, -0.05) is 36.0 Å². The summed E-state index contributed by atoms with van der Waals surface area (Å²) < 4.78 is 5.21. The van der Waals surface area contributed by atoms with E-state index in [1.165, 1.54) is 16.7 Å². The smallest absolute Gasteiger partial charge is 0.324 e. The van der Waals surface area contributed by atoms with Crippen LogP contribution in [0.2, 0.25) is 0 Å². The quantitative estimate of drug-likeness (QED) is 0.710. The number of fused-ring (bicyclic) bond motifs is 1. The maximum atomic E-state index is 12.6. The molecule has 1 atom stereocenters. The third-order valence-corrected chi connectivity index (χ3v) is 5.79. The molecule has 1 saturated heterocycles. The van der Waals surface area contributed by atoms with Crippen LogP contribution in [0.25, 0.3) is 0 Å². The van der Waals surface area contributed by atoms with Gasteiger partial charge in [-0.15, -0.1) is 0 Å². The van der Waals surface area contributed by atoms with Crippen molar-refractivity contribution >= 4 is 35.3 Å². The maximum Gasteiger partial charge on any atom is 0.324 e. The van der Waals surface area contributed by atoms with Crippen molar-refractivity contribution in [2.45, 2.75) is 16.7 Å². The summed E-state index contributed by atoms with van der Waals surface area (Å²) in [4.78, 5) is 39.9. The fourth-order valence-electron chi connectivity index (χ4n) is 3.16. The first-order valence-corrected chi connectivity index (χ1v) is 9.91. The fraction of sp³-hybridized carbons (Fsp3) is 0.316. The lowest BCUT2D eigenvalue weighted by molar-refractivity contribution is -0.119. The van der Waals surface area contributed by atoms with Crippen molar-refractivity contribution in [1.82, 2.24) is 15.5 Å². The number of carbonyl (C=O) groups is 3. The van der Waals surface area contributed by atoms with Crippen LogP contribution in [0.1, 0.15) is 6.42 Å². The molecule has 0 bridgehead atoms. The Morgan fingerprint density at radius 1 is 1.14 bits per heavy atom. The highest BCUT2D eigenvalue weighted by molar-refractivity contribution is 8.01. The van der Waals surface area contributed by atoms with Crippen LogP contribution >= 0.6 is 11.8 Å². The van der Waals surface area contributed by atoms with Crippen LogP contribution in [0.4, 0.5) is 10.5 Å². The lowest BCUT2D eigenvalue weighted by Crippen LogP contribution is -2.48. The molecule has 3 N–H and O–H groups in total. The van der Waals surface area contributed by atoms with Crippen LogP contribution in [0.3, 0.4) is 0 Å². The Labute approximate surface area is 166 Å². The fourth-order valence-corrected chi connectivity index (χ4v) is 4.18. The van der Waals surface area contributed by atoms with Gasteiger partial charge in [0.15, 0.2) is 5.37 Å². The Morgan fingerprint density at radius 3 is 2.71 bits per heavy atom. The van der Waals surface area contributed by atoms with Crippen molar-refractivity contribution < 1.29 is 19.1 Å². The molecule has 0 saturated carbocycles. The van der Waals surface area contributed by atoms with Crippen LogP contribution in [-0.2, 0) is 14.3 Å². The standard InChI is InChI=1S/C19H20N4O4S/c24-16(22-19(26)23-8-10-27-11-9-23)12-4-3-6-13(12)20-17(25)18-21-14-5-1-2-7-15(14)28-18/h1-2,4-7,18,21H,3,8-11H2,(H,20,25)(H,22,24,26). The lowest BCUT2D eigenvalue weighted by Gasteiger charge is -2.26. The Kier molecular flexibility index (Phi) is 5.36. The number of ether oxygens (including phenoxy) is 1. The number of thioether (sulfide) groups is 1. The van der Waals surface area contributed by atoms with E-state index >= 15 is 0 Å². The number of nitrogens with zero attached hydrogens (tertiary/aromatic N) is 1. The number of anilines is 1. The molecule has 8 nitrogen and oxygen atoms in total. The number of imide groups is 1. The van der Waals surface area contributed by atoms with E-state index < -0.39 is 17.3 Å². The van der Waals surface area contributed by atoms with Gasteiger partial charge >= 0.3 is 6.03 Å². The van der Waals surface area contributed by atoms with E-state index in [-0.39, 0.29) is 5.91 Å². The normalized spacial score (nSPS) is 20.6. The van der Waals surface area contributed by atoms with E-state index in [0.717, 1.165) is 10.6 Å². The molecule has 0 spiro atoms. The van der Waals surface area contributed by atoms with Gasteiger partial charge in [-0.25, -0.2) is 4.79 Å². The van der Waals surface area contributed by atoms with Crippen molar-refractivity contribution in [1.29, 1.82) is 0 Å². The molecule has 1 fully saturated rings. The number of hydrogen-bond acceptors (Lipinski definition) is 6. The average molecular weight is 400 g/mol. The molecule has 2 heterocycles. The molecule has 28 heavy (non-hydrogen) atoms. The van der Waals surface area contributed by atoms with Crippen molar-refractivity contribution in [3.8, 4) is 0 Å². The van der Waals surface area contributed by atoms with Crippen molar-refractivity contribution in [2.75, 3.05) is 31.6 Å². The van der Waals surface area contributed by atoms with Crippen molar-refractivity contribution in [2.24, 2.45) is 0 Å². The summed E-state index contributed by atoms with van der Waals surface area (Å²) in [6.07, 6.45) is 3.98. The molecule has 1 aromatic rings. The highest BCUT2D eigenvalue weighted by Gasteiger charge is 2.30. The van der Waals surface area contributed by atoms with Crippen LogP contribution in [0.5, 0.6) is 0 Å². The van der Waals surface area contributed by atoms with Crippen molar-refractivity contribution in [3.63, 3.8) is 0 Å². The molecule has 0 aromatic heterocycles. The molecular weight excluding hydrogens is 380 g/mol. The number of amides is 4. The predicted octanol–water partition coefficient (Wildman–Crippen LogP) is 1.43. The molecule has 146 valence electrons. The number of para-hydroxylation sites is 1. The molecule has 9 heteroatoms. The van der Waals surface area contributed by atoms with Crippen LogP contribution < -0.4 is 16.0 Å². The summed E-state index contributed by atoms with van der Waals surface area (Å²) in [7, 11) is 0. The SMILES string of the molecule is O=C(NC(=O)N1CCOCC1)C1=CCC=C1NC(=O)C1Nc2ccccc2S1. The topological polar surface area (TPSA) is 99.8 Å². The van der Waals surface area contributed by atoms with E-state index in [9.17, 15) is 14.4 Å².